The lowest BCUT2D eigenvalue weighted by atomic mass is 10.3. The van der Waals surface area contributed by atoms with Gasteiger partial charge in [-0.15, -0.1) is 0 Å². The topological polar surface area (TPSA) is 119 Å². The van der Waals surface area contributed by atoms with Gasteiger partial charge in [-0.1, -0.05) is 5.16 Å². The molecule has 0 radical (unpaired) electrons. The molecule has 9 nitrogen and oxygen atoms in total. The molecule has 2 N–H and O–H groups in total. The van der Waals surface area contributed by atoms with Crippen molar-refractivity contribution in [2.24, 2.45) is 0 Å². The molecule has 0 aromatic carbocycles. The Kier molecular flexibility index (Phi) is 3.78. The van der Waals surface area contributed by atoms with Crippen molar-refractivity contribution in [3.63, 3.8) is 0 Å². The average Bonchev–Trinajstić information content (AvgIpc) is 2.81. The molecule has 9 heteroatoms. The standard InChI is InChI=1S/C11H14N6O3/c1-6-4-8(20-16-6)5-13-10-9(17(18)19)7(2)14-11(12-3)15-10/h4H,5H2,1-3H3,(H2,12,13,14,15). The lowest BCUT2D eigenvalue weighted by Crippen LogP contribution is -2.09. The minimum Gasteiger partial charge on any atom is -0.359 e. The van der Waals surface area contributed by atoms with E-state index in [1.54, 1.807) is 27.0 Å². The van der Waals surface area contributed by atoms with E-state index in [9.17, 15) is 10.1 Å². The van der Waals surface area contributed by atoms with Gasteiger partial charge in [-0.25, -0.2) is 4.98 Å². The van der Waals surface area contributed by atoms with E-state index < -0.39 is 4.92 Å². The normalized spacial score (nSPS) is 10.3. The van der Waals surface area contributed by atoms with Crippen molar-refractivity contribution in [1.82, 2.24) is 15.1 Å². The molecular formula is C11H14N6O3. The molecule has 0 bridgehead atoms. The lowest BCUT2D eigenvalue weighted by molar-refractivity contribution is -0.385. The highest BCUT2D eigenvalue weighted by Crippen LogP contribution is 2.26. The first-order chi connectivity index (χ1) is 9.51. The van der Waals surface area contributed by atoms with Crippen LogP contribution in [0.3, 0.4) is 0 Å². The van der Waals surface area contributed by atoms with Crippen LogP contribution in [0, 0.1) is 24.0 Å². The molecule has 20 heavy (non-hydrogen) atoms. The summed E-state index contributed by atoms with van der Waals surface area (Å²) in [5, 5.41) is 20.5. The molecule has 0 atom stereocenters. The van der Waals surface area contributed by atoms with Crippen LogP contribution < -0.4 is 10.6 Å². The summed E-state index contributed by atoms with van der Waals surface area (Å²) in [5.41, 5.74) is 0.872. The van der Waals surface area contributed by atoms with Gasteiger partial charge in [0.05, 0.1) is 17.2 Å². The van der Waals surface area contributed by atoms with Crippen LogP contribution in [0.1, 0.15) is 17.1 Å². The van der Waals surface area contributed by atoms with E-state index in [4.69, 9.17) is 4.52 Å². The van der Waals surface area contributed by atoms with Crippen molar-refractivity contribution in [1.29, 1.82) is 0 Å². The molecule has 0 aliphatic rings. The van der Waals surface area contributed by atoms with E-state index in [0.717, 1.165) is 5.69 Å². The minimum atomic E-state index is -0.511. The second kappa shape index (κ2) is 5.51. The van der Waals surface area contributed by atoms with E-state index in [-0.39, 0.29) is 23.7 Å². The van der Waals surface area contributed by atoms with Crippen LogP contribution in [0.2, 0.25) is 0 Å². The molecule has 0 aliphatic heterocycles. The fraction of sp³-hybridized carbons (Fsp3) is 0.364. The molecule has 106 valence electrons. The third kappa shape index (κ3) is 2.82. The molecule has 0 saturated heterocycles. The maximum Gasteiger partial charge on any atom is 0.332 e. The number of rotatable bonds is 5. The van der Waals surface area contributed by atoms with Crippen LogP contribution in [0.4, 0.5) is 17.5 Å². The molecule has 2 rings (SSSR count). The maximum absolute atomic E-state index is 11.1. The van der Waals surface area contributed by atoms with E-state index in [2.05, 4.69) is 25.8 Å². The third-order valence-corrected chi connectivity index (χ3v) is 2.57. The first-order valence-electron chi connectivity index (χ1n) is 5.88. The summed E-state index contributed by atoms with van der Waals surface area (Å²) in [5.74, 6) is 1.02. The number of hydrogen-bond donors (Lipinski definition) is 2. The van der Waals surface area contributed by atoms with Crippen LogP contribution in [0.15, 0.2) is 10.6 Å². The summed E-state index contributed by atoms with van der Waals surface area (Å²) in [7, 11) is 1.64. The highest BCUT2D eigenvalue weighted by atomic mass is 16.6. The predicted molar refractivity (Wildman–Crippen MR) is 71.5 cm³/mol. The van der Waals surface area contributed by atoms with Crippen molar-refractivity contribution in [3.8, 4) is 0 Å². The van der Waals surface area contributed by atoms with Gasteiger partial charge >= 0.3 is 5.69 Å². The van der Waals surface area contributed by atoms with Crippen LogP contribution in [0.25, 0.3) is 0 Å². The number of nitro groups is 1. The number of anilines is 2. The highest BCUT2D eigenvalue weighted by molar-refractivity contribution is 5.60. The van der Waals surface area contributed by atoms with E-state index in [1.165, 1.54) is 0 Å². The van der Waals surface area contributed by atoms with Crippen molar-refractivity contribution in [3.05, 3.63) is 33.3 Å². The smallest absolute Gasteiger partial charge is 0.332 e. The van der Waals surface area contributed by atoms with Crippen LogP contribution in [0.5, 0.6) is 0 Å². The van der Waals surface area contributed by atoms with Crippen LogP contribution in [-0.4, -0.2) is 27.1 Å². The second-order valence-corrected chi connectivity index (χ2v) is 4.13. The Hall–Kier alpha value is -2.71. The first kappa shape index (κ1) is 13.7. The maximum atomic E-state index is 11.1. The van der Waals surface area contributed by atoms with Crippen molar-refractivity contribution >= 4 is 17.5 Å². The predicted octanol–water partition coefficient (Wildman–Crippen LogP) is 1.64. The third-order valence-electron chi connectivity index (χ3n) is 2.57. The molecule has 2 aromatic rings. The van der Waals surface area contributed by atoms with Crippen molar-refractivity contribution in [2.75, 3.05) is 17.7 Å². The zero-order chi connectivity index (χ0) is 14.7. The van der Waals surface area contributed by atoms with E-state index >= 15 is 0 Å². The Morgan fingerprint density at radius 1 is 1.40 bits per heavy atom. The molecule has 2 aromatic heterocycles. The monoisotopic (exact) mass is 278 g/mol. The Morgan fingerprint density at radius 3 is 2.70 bits per heavy atom. The van der Waals surface area contributed by atoms with Crippen LogP contribution in [-0.2, 0) is 6.54 Å². The van der Waals surface area contributed by atoms with Gasteiger partial charge in [-0.3, -0.25) is 10.1 Å². The summed E-state index contributed by atoms with van der Waals surface area (Å²) < 4.78 is 5.03. The van der Waals surface area contributed by atoms with Gasteiger partial charge in [0.2, 0.25) is 11.8 Å². The zero-order valence-electron chi connectivity index (χ0n) is 11.3. The SMILES string of the molecule is CNc1nc(C)c([N+](=O)[O-])c(NCc2cc(C)no2)n1. The van der Waals surface area contributed by atoms with Gasteiger partial charge in [0, 0.05) is 13.1 Å². The second-order valence-electron chi connectivity index (χ2n) is 4.13. The lowest BCUT2D eigenvalue weighted by Gasteiger charge is -2.08. The van der Waals surface area contributed by atoms with Gasteiger partial charge in [-0.2, -0.15) is 4.98 Å². The van der Waals surface area contributed by atoms with Gasteiger partial charge in [0.15, 0.2) is 5.76 Å². The molecule has 2 heterocycles. The quantitative estimate of drug-likeness (QED) is 0.625. The summed E-state index contributed by atoms with van der Waals surface area (Å²) in [6, 6.07) is 1.74. The number of aryl methyl sites for hydroxylation is 2. The summed E-state index contributed by atoms with van der Waals surface area (Å²) in [6.07, 6.45) is 0. The van der Waals surface area contributed by atoms with Crippen molar-refractivity contribution in [2.45, 2.75) is 20.4 Å². The largest absolute Gasteiger partial charge is 0.359 e. The molecule has 0 fully saturated rings. The van der Waals surface area contributed by atoms with Gasteiger partial charge < -0.3 is 15.2 Å². The summed E-state index contributed by atoms with van der Waals surface area (Å²) in [4.78, 5) is 18.6. The zero-order valence-corrected chi connectivity index (χ0v) is 11.3. The summed E-state index contributed by atoms with van der Waals surface area (Å²) in [6.45, 7) is 3.61. The molecule has 0 amide bonds. The molecule has 0 spiro atoms. The average molecular weight is 278 g/mol. The van der Waals surface area contributed by atoms with Gasteiger partial charge in [-0.05, 0) is 13.8 Å². The number of nitrogens with zero attached hydrogens (tertiary/aromatic N) is 4. The first-order valence-corrected chi connectivity index (χ1v) is 5.88. The molecular weight excluding hydrogens is 264 g/mol. The molecule has 0 aliphatic carbocycles. The molecule has 0 unspecified atom stereocenters. The minimum absolute atomic E-state index is 0.140. The fourth-order valence-electron chi connectivity index (χ4n) is 1.69. The van der Waals surface area contributed by atoms with Crippen LogP contribution >= 0.6 is 0 Å². The Bertz CT molecular complexity index is 639. The van der Waals surface area contributed by atoms with Gasteiger partial charge in [0.1, 0.15) is 5.69 Å². The van der Waals surface area contributed by atoms with Crippen molar-refractivity contribution < 1.29 is 9.45 Å². The highest BCUT2D eigenvalue weighted by Gasteiger charge is 2.22. The van der Waals surface area contributed by atoms with E-state index in [0.29, 0.717) is 11.7 Å². The Balaban J connectivity index is 2.28. The number of aromatic nitrogens is 3. The summed E-state index contributed by atoms with van der Waals surface area (Å²) >= 11 is 0. The molecule has 0 saturated carbocycles. The fourth-order valence-corrected chi connectivity index (χ4v) is 1.69. The van der Waals surface area contributed by atoms with Gasteiger partial charge in [0.25, 0.3) is 0 Å². The Morgan fingerprint density at radius 2 is 2.15 bits per heavy atom. The van der Waals surface area contributed by atoms with E-state index in [1.807, 2.05) is 0 Å². The number of hydrogen-bond acceptors (Lipinski definition) is 8. The Labute approximate surface area is 114 Å². The number of nitrogens with one attached hydrogen (secondary N) is 2.